The van der Waals surface area contributed by atoms with E-state index in [9.17, 15) is 4.39 Å². The van der Waals surface area contributed by atoms with Gasteiger partial charge in [-0.25, -0.2) is 9.37 Å². The molecule has 0 saturated carbocycles. The molecule has 0 amide bonds. The van der Waals surface area contributed by atoms with Crippen LogP contribution in [0.5, 0.6) is 0 Å². The number of hydrogen-bond donors (Lipinski definition) is 0. The van der Waals surface area contributed by atoms with Crippen molar-refractivity contribution in [1.82, 2.24) is 4.98 Å². The number of rotatable bonds is 1. The summed E-state index contributed by atoms with van der Waals surface area (Å²) in [6, 6.07) is 5.20. The highest BCUT2D eigenvalue weighted by atomic mass is 79.9. The average molecular weight is 280 g/mol. The molecule has 1 aromatic carbocycles. The van der Waals surface area contributed by atoms with Crippen molar-refractivity contribution in [2.24, 2.45) is 0 Å². The van der Waals surface area contributed by atoms with Crippen LogP contribution in [0.2, 0.25) is 0 Å². The van der Waals surface area contributed by atoms with Crippen molar-refractivity contribution in [2.75, 3.05) is 0 Å². The van der Waals surface area contributed by atoms with E-state index in [1.54, 1.807) is 6.07 Å². The van der Waals surface area contributed by atoms with E-state index in [2.05, 4.69) is 20.9 Å². The Balaban J connectivity index is 2.44. The SMILES string of the molecule is Fc1cccc2c(CBr)c3c(nc12)CCC3. The summed E-state index contributed by atoms with van der Waals surface area (Å²) in [5.74, 6) is -0.214. The first-order valence-electron chi connectivity index (χ1n) is 5.46. The van der Waals surface area contributed by atoms with Crippen molar-refractivity contribution in [2.45, 2.75) is 24.6 Å². The summed E-state index contributed by atoms with van der Waals surface area (Å²) >= 11 is 3.51. The Labute approximate surface area is 102 Å². The van der Waals surface area contributed by atoms with Crippen LogP contribution in [0.1, 0.15) is 23.2 Å². The molecule has 3 rings (SSSR count). The highest BCUT2D eigenvalue weighted by Gasteiger charge is 2.19. The van der Waals surface area contributed by atoms with Crippen molar-refractivity contribution in [3.63, 3.8) is 0 Å². The zero-order chi connectivity index (χ0) is 11.1. The van der Waals surface area contributed by atoms with Gasteiger partial charge in [0, 0.05) is 16.4 Å². The van der Waals surface area contributed by atoms with Crippen LogP contribution in [0, 0.1) is 5.82 Å². The van der Waals surface area contributed by atoms with Gasteiger partial charge < -0.3 is 0 Å². The fraction of sp³-hybridized carbons (Fsp3) is 0.308. The molecule has 0 fully saturated rings. The number of halogens is 2. The minimum atomic E-state index is -0.214. The van der Waals surface area contributed by atoms with Crippen LogP contribution in [-0.2, 0) is 18.2 Å². The van der Waals surface area contributed by atoms with Gasteiger partial charge in [-0.1, -0.05) is 28.1 Å². The average Bonchev–Trinajstić information content (AvgIpc) is 2.75. The maximum Gasteiger partial charge on any atom is 0.149 e. The molecule has 16 heavy (non-hydrogen) atoms. The molecule has 1 heterocycles. The normalized spacial score (nSPS) is 14.4. The van der Waals surface area contributed by atoms with Crippen molar-refractivity contribution in [1.29, 1.82) is 0 Å². The lowest BCUT2D eigenvalue weighted by atomic mass is 10.0. The Morgan fingerprint density at radius 1 is 1.31 bits per heavy atom. The first-order valence-corrected chi connectivity index (χ1v) is 6.58. The number of aromatic nitrogens is 1. The van der Waals surface area contributed by atoms with Gasteiger partial charge >= 0.3 is 0 Å². The molecular formula is C13H11BrFN. The van der Waals surface area contributed by atoms with Gasteiger partial charge in [-0.3, -0.25) is 0 Å². The van der Waals surface area contributed by atoms with Gasteiger partial charge in [-0.2, -0.15) is 0 Å². The van der Waals surface area contributed by atoms with Gasteiger partial charge in [-0.15, -0.1) is 0 Å². The third kappa shape index (κ3) is 1.38. The van der Waals surface area contributed by atoms with Gasteiger partial charge in [0.2, 0.25) is 0 Å². The van der Waals surface area contributed by atoms with Gasteiger partial charge in [0.25, 0.3) is 0 Å². The van der Waals surface area contributed by atoms with Gasteiger partial charge in [-0.05, 0) is 36.5 Å². The first kappa shape index (κ1) is 10.2. The number of alkyl halides is 1. The Bertz CT molecular complexity index is 565. The predicted octanol–water partition coefficient (Wildman–Crippen LogP) is 3.76. The topological polar surface area (TPSA) is 12.9 Å². The molecule has 1 aliphatic carbocycles. The molecule has 1 nitrogen and oxygen atoms in total. The standard InChI is InChI=1S/C13H11BrFN/c14-7-10-8-3-2-6-12(8)16-13-9(10)4-1-5-11(13)15/h1,4-5H,2-3,6-7H2. The summed E-state index contributed by atoms with van der Waals surface area (Å²) in [7, 11) is 0. The van der Waals surface area contributed by atoms with E-state index in [-0.39, 0.29) is 5.82 Å². The fourth-order valence-corrected chi connectivity index (χ4v) is 3.14. The van der Waals surface area contributed by atoms with Gasteiger partial charge in [0.15, 0.2) is 0 Å². The van der Waals surface area contributed by atoms with Crippen LogP contribution in [0.25, 0.3) is 10.9 Å². The molecule has 0 radical (unpaired) electrons. The van der Waals surface area contributed by atoms with E-state index in [1.165, 1.54) is 17.2 Å². The van der Waals surface area contributed by atoms with E-state index in [0.717, 1.165) is 35.7 Å². The summed E-state index contributed by atoms with van der Waals surface area (Å²) < 4.78 is 13.7. The third-order valence-electron chi connectivity index (χ3n) is 3.25. The summed E-state index contributed by atoms with van der Waals surface area (Å²) in [6.45, 7) is 0. The summed E-state index contributed by atoms with van der Waals surface area (Å²) in [4.78, 5) is 4.47. The molecule has 0 spiro atoms. The van der Waals surface area contributed by atoms with Crippen molar-refractivity contribution in [3.8, 4) is 0 Å². The second-order valence-electron chi connectivity index (χ2n) is 4.14. The number of benzene rings is 1. The van der Waals surface area contributed by atoms with E-state index in [4.69, 9.17) is 0 Å². The van der Waals surface area contributed by atoms with Crippen molar-refractivity contribution >= 4 is 26.8 Å². The molecule has 0 saturated heterocycles. The maximum absolute atomic E-state index is 13.7. The molecule has 0 N–H and O–H groups in total. The van der Waals surface area contributed by atoms with Crippen molar-refractivity contribution < 1.29 is 4.39 Å². The quantitative estimate of drug-likeness (QED) is 0.725. The van der Waals surface area contributed by atoms with E-state index >= 15 is 0 Å². The molecule has 0 unspecified atom stereocenters. The Morgan fingerprint density at radius 2 is 2.19 bits per heavy atom. The molecular weight excluding hydrogens is 269 g/mol. The van der Waals surface area contributed by atoms with E-state index in [0.29, 0.717) is 5.52 Å². The molecule has 0 bridgehead atoms. The molecule has 0 aliphatic heterocycles. The Hall–Kier alpha value is -0.960. The van der Waals surface area contributed by atoms with Crippen LogP contribution < -0.4 is 0 Å². The minimum absolute atomic E-state index is 0.214. The van der Waals surface area contributed by atoms with Gasteiger partial charge in [0.05, 0.1) is 0 Å². The van der Waals surface area contributed by atoms with E-state index < -0.39 is 0 Å². The lowest BCUT2D eigenvalue weighted by molar-refractivity contribution is 0.636. The van der Waals surface area contributed by atoms with Crippen LogP contribution >= 0.6 is 15.9 Å². The van der Waals surface area contributed by atoms with Crippen molar-refractivity contribution in [3.05, 3.63) is 40.8 Å². The number of aryl methyl sites for hydroxylation is 1. The van der Waals surface area contributed by atoms with Gasteiger partial charge in [0.1, 0.15) is 11.3 Å². The smallest absolute Gasteiger partial charge is 0.149 e. The number of fused-ring (bicyclic) bond motifs is 2. The van der Waals surface area contributed by atoms with Crippen LogP contribution in [0.15, 0.2) is 18.2 Å². The lowest BCUT2D eigenvalue weighted by Crippen LogP contribution is -1.98. The number of para-hydroxylation sites is 1. The summed E-state index contributed by atoms with van der Waals surface area (Å²) in [5.41, 5.74) is 4.16. The molecule has 3 heteroatoms. The zero-order valence-corrected chi connectivity index (χ0v) is 10.3. The second-order valence-corrected chi connectivity index (χ2v) is 4.70. The number of nitrogens with zero attached hydrogens (tertiary/aromatic N) is 1. The molecule has 82 valence electrons. The molecule has 1 aliphatic rings. The molecule has 1 aromatic heterocycles. The number of pyridine rings is 1. The number of hydrogen-bond acceptors (Lipinski definition) is 1. The Morgan fingerprint density at radius 3 is 3.00 bits per heavy atom. The van der Waals surface area contributed by atoms with E-state index in [1.807, 2.05) is 6.07 Å². The highest BCUT2D eigenvalue weighted by molar-refractivity contribution is 9.08. The lowest BCUT2D eigenvalue weighted by Gasteiger charge is -2.10. The largest absolute Gasteiger partial charge is 0.249 e. The summed E-state index contributed by atoms with van der Waals surface area (Å²) in [6.07, 6.45) is 3.20. The molecule has 2 aromatic rings. The first-order chi connectivity index (χ1) is 7.81. The van der Waals surface area contributed by atoms with Crippen LogP contribution in [0.4, 0.5) is 4.39 Å². The molecule has 0 atom stereocenters. The third-order valence-corrected chi connectivity index (χ3v) is 3.81. The van der Waals surface area contributed by atoms with Crippen LogP contribution in [0.3, 0.4) is 0 Å². The monoisotopic (exact) mass is 279 g/mol. The minimum Gasteiger partial charge on any atom is -0.249 e. The Kier molecular flexibility index (Phi) is 2.43. The zero-order valence-electron chi connectivity index (χ0n) is 8.76. The predicted molar refractivity (Wildman–Crippen MR) is 66.4 cm³/mol. The fourth-order valence-electron chi connectivity index (χ4n) is 2.50. The summed E-state index contributed by atoms with van der Waals surface area (Å²) in [5, 5.41) is 1.73. The maximum atomic E-state index is 13.7. The highest BCUT2D eigenvalue weighted by Crippen LogP contribution is 2.32. The second kappa shape index (κ2) is 3.81. The van der Waals surface area contributed by atoms with Crippen LogP contribution in [-0.4, -0.2) is 4.98 Å².